The Balaban J connectivity index is 2.21. The van der Waals surface area contributed by atoms with E-state index in [-0.39, 0.29) is 0 Å². The van der Waals surface area contributed by atoms with Crippen molar-refractivity contribution in [1.82, 2.24) is 15.0 Å². The van der Waals surface area contributed by atoms with Crippen molar-refractivity contribution in [3.63, 3.8) is 0 Å². The van der Waals surface area contributed by atoms with Crippen LogP contribution in [0.4, 0.5) is 0 Å². The molecular formula is C15H10BrN3. The minimum absolute atomic E-state index is 0.837. The number of benzene rings is 2. The van der Waals surface area contributed by atoms with Gasteiger partial charge in [0.1, 0.15) is 5.52 Å². The number of H-pyrrole nitrogens is 1. The van der Waals surface area contributed by atoms with Crippen LogP contribution in [0.1, 0.15) is 5.56 Å². The smallest absolute Gasteiger partial charge is 0.157 e. The van der Waals surface area contributed by atoms with Crippen LogP contribution < -0.4 is 0 Å². The van der Waals surface area contributed by atoms with Crippen LogP contribution in [0.3, 0.4) is 0 Å². The molecule has 0 saturated carbocycles. The lowest BCUT2D eigenvalue weighted by Gasteiger charge is -1.98. The predicted molar refractivity (Wildman–Crippen MR) is 81.3 cm³/mol. The molecule has 0 atom stereocenters. The molecule has 0 aliphatic heterocycles. The fourth-order valence-corrected chi connectivity index (χ4v) is 2.75. The summed E-state index contributed by atoms with van der Waals surface area (Å²) in [5, 5.41) is 1.10. The molecule has 2 aromatic heterocycles. The summed E-state index contributed by atoms with van der Waals surface area (Å²) in [4.78, 5) is 12.7. The van der Waals surface area contributed by atoms with Crippen LogP contribution in [0.2, 0.25) is 0 Å². The molecule has 4 heteroatoms. The summed E-state index contributed by atoms with van der Waals surface area (Å²) < 4.78 is 1.05. The molecule has 0 amide bonds. The minimum atomic E-state index is 0.837. The molecule has 92 valence electrons. The van der Waals surface area contributed by atoms with E-state index in [1.807, 2.05) is 18.2 Å². The highest BCUT2D eigenvalue weighted by molar-refractivity contribution is 9.10. The van der Waals surface area contributed by atoms with Crippen LogP contribution in [0, 0.1) is 6.92 Å². The average Bonchev–Trinajstić information content (AvgIpc) is 2.73. The molecule has 3 nitrogen and oxygen atoms in total. The van der Waals surface area contributed by atoms with Crippen molar-refractivity contribution in [2.24, 2.45) is 0 Å². The first-order valence-corrected chi connectivity index (χ1v) is 6.85. The summed E-state index contributed by atoms with van der Waals surface area (Å²) in [6, 6.07) is 12.3. The van der Waals surface area contributed by atoms with Gasteiger partial charge in [-0.05, 0) is 42.8 Å². The van der Waals surface area contributed by atoms with E-state index in [4.69, 9.17) is 4.98 Å². The number of fused-ring (bicyclic) bond motifs is 4. The third kappa shape index (κ3) is 1.64. The normalized spacial score (nSPS) is 11.7. The molecule has 4 rings (SSSR count). The number of aromatic amines is 1. The van der Waals surface area contributed by atoms with Gasteiger partial charge in [0, 0.05) is 15.4 Å². The topological polar surface area (TPSA) is 41.6 Å². The number of nitrogens with zero attached hydrogens (tertiary/aromatic N) is 2. The molecule has 0 aliphatic rings. The second kappa shape index (κ2) is 3.78. The van der Waals surface area contributed by atoms with E-state index in [0.29, 0.717) is 0 Å². The minimum Gasteiger partial charge on any atom is -0.338 e. The Morgan fingerprint density at radius 2 is 1.89 bits per heavy atom. The Morgan fingerprint density at radius 3 is 2.79 bits per heavy atom. The summed E-state index contributed by atoms with van der Waals surface area (Å²) >= 11 is 3.50. The first-order valence-electron chi connectivity index (χ1n) is 6.06. The van der Waals surface area contributed by atoms with Gasteiger partial charge in [-0.2, -0.15) is 0 Å². The Bertz CT molecular complexity index is 934. The van der Waals surface area contributed by atoms with Crippen molar-refractivity contribution in [2.75, 3.05) is 0 Å². The molecule has 4 aromatic rings. The maximum atomic E-state index is 4.75. The molecule has 0 aliphatic carbocycles. The van der Waals surface area contributed by atoms with Gasteiger partial charge >= 0.3 is 0 Å². The molecule has 1 N–H and O–H groups in total. The molecule has 0 saturated heterocycles. The standard InChI is InChI=1S/C15H10BrN3/c1-8-2-4-12-13(6-8)17-14-10-7-9(16)3-5-11(10)18-15(14)19-12/h2-7H,1H3,(H,18,19). The SMILES string of the molecule is Cc1ccc2nc3[nH]c4ccc(Br)cc4c3nc2c1. The van der Waals surface area contributed by atoms with Gasteiger partial charge < -0.3 is 4.98 Å². The Labute approximate surface area is 117 Å². The molecule has 2 aromatic carbocycles. The average molecular weight is 312 g/mol. The van der Waals surface area contributed by atoms with Crippen LogP contribution in [0.15, 0.2) is 40.9 Å². The maximum absolute atomic E-state index is 4.75. The van der Waals surface area contributed by atoms with Gasteiger partial charge in [-0.25, -0.2) is 9.97 Å². The zero-order valence-corrected chi connectivity index (χ0v) is 11.8. The number of rotatable bonds is 0. The monoisotopic (exact) mass is 311 g/mol. The second-order valence-electron chi connectivity index (χ2n) is 4.73. The molecule has 0 unspecified atom stereocenters. The van der Waals surface area contributed by atoms with E-state index in [0.717, 1.165) is 37.6 Å². The Morgan fingerprint density at radius 1 is 1.00 bits per heavy atom. The van der Waals surface area contributed by atoms with Gasteiger partial charge in [0.25, 0.3) is 0 Å². The van der Waals surface area contributed by atoms with E-state index < -0.39 is 0 Å². The Kier molecular flexibility index (Phi) is 2.17. The fourth-order valence-electron chi connectivity index (χ4n) is 2.39. The lowest BCUT2D eigenvalue weighted by molar-refractivity contribution is 1.34. The van der Waals surface area contributed by atoms with E-state index in [2.05, 4.69) is 51.0 Å². The number of hydrogen-bond acceptors (Lipinski definition) is 2. The molecule has 0 spiro atoms. The van der Waals surface area contributed by atoms with Gasteiger partial charge in [0.2, 0.25) is 0 Å². The van der Waals surface area contributed by atoms with Crippen LogP contribution in [0.5, 0.6) is 0 Å². The van der Waals surface area contributed by atoms with Crippen molar-refractivity contribution in [1.29, 1.82) is 0 Å². The molecule has 0 fully saturated rings. The van der Waals surface area contributed by atoms with Gasteiger partial charge in [-0.15, -0.1) is 0 Å². The van der Waals surface area contributed by atoms with E-state index in [1.165, 1.54) is 5.56 Å². The maximum Gasteiger partial charge on any atom is 0.157 e. The van der Waals surface area contributed by atoms with Crippen LogP contribution in [-0.4, -0.2) is 15.0 Å². The summed E-state index contributed by atoms with van der Waals surface area (Å²) in [5.41, 5.74) is 5.88. The number of halogens is 1. The van der Waals surface area contributed by atoms with Gasteiger partial charge in [-0.3, -0.25) is 0 Å². The van der Waals surface area contributed by atoms with E-state index in [1.54, 1.807) is 0 Å². The highest BCUT2D eigenvalue weighted by atomic mass is 79.9. The number of aromatic nitrogens is 3. The fraction of sp³-hybridized carbons (Fsp3) is 0.0667. The zero-order valence-electron chi connectivity index (χ0n) is 10.2. The van der Waals surface area contributed by atoms with Gasteiger partial charge in [0.05, 0.1) is 11.0 Å². The van der Waals surface area contributed by atoms with Crippen LogP contribution >= 0.6 is 15.9 Å². The summed E-state index contributed by atoms with van der Waals surface area (Å²) in [6.45, 7) is 2.07. The first kappa shape index (κ1) is 10.9. The Hall–Kier alpha value is -1.94. The highest BCUT2D eigenvalue weighted by Gasteiger charge is 2.09. The molecule has 0 radical (unpaired) electrons. The highest BCUT2D eigenvalue weighted by Crippen LogP contribution is 2.27. The van der Waals surface area contributed by atoms with Crippen LogP contribution in [-0.2, 0) is 0 Å². The third-order valence-corrected chi connectivity index (χ3v) is 3.80. The number of aryl methyl sites for hydroxylation is 1. The van der Waals surface area contributed by atoms with Gasteiger partial charge in [0.15, 0.2) is 5.65 Å². The van der Waals surface area contributed by atoms with E-state index >= 15 is 0 Å². The van der Waals surface area contributed by atoms with Crippen molar-refractivity contribution in [2.45, 2.75) is 6.92 Å². The zero-order chi connectivity index (χ0) is 13.0. The molecular weight excluding hydrogens is 302 g/mol. The summed E-state index contributed by atoms with van der Waals surface area (Å²) in [6.07, 6.45) is 0. The van der Waals surface area contributed by atoms with Crippen molar-refractivity contribution < 1.29 is 0 Å². The lowest BCUT2D eigenvalue weighted by Crippen LogP contribution is -1.86. The number of hydrogen-bond donors (Lipinski definition) is 1. The molecule has 2 heterocycles. The number of nitrogens with one attached hydrogen (secondary N) is 1. The largest absolute Gasteiger partial charge is 0.338 e. The van der Waals surface area contributed by atoms with Crippen molar-refractivity contribution in [3.8, 4) is 0 Å². The summed E-state index contributed by atoms with van der Waals surface area (Å²) in [7, 11) is 0. The van der Waals surface area contributed by atoms with E-state index in [9.17, 15) is 0 Å². The molecule has 19 heavy (non-hydrogen) atoms. The van der Waals surface area contributed by atoms with Crippen LogP contribution in [0.25, 0.3) is 33.1 Å². The van der Waals surface area contributed by atoms with Gasteiger partial charge in [-0.1, -0.05) is 22.0 Å². The molecule has 0 bridgehead atoms. The first-order chi connectivity index (χ1) is 9.20. The third-order valence-electron chi connectivity index (χ3n) is 3.31. The predicted octanol–water partition coefficient (Wildman–Crippen LogP) is 4.34. The second-order valence-corrected chi connectivity index (χ2v) is 5.64. The lowest BCUT2D eigenvalue weighted by atomic mass is 10.2. The summed E-state index contributed by atoms with van der Waals surface area (Å²) in [5.74, 6) is 0. The van der Waals surface area contributed by atoms with Crippen molar-refractivity contribution in [3.05, 3.63) is 46.4 Å². The van der Waals surface area contributed by atoms with Crippen molar-refractivity contribution >= 4 is 49.0 Å². The quantitative estimate of drug-likeness (QED) is 0.525.